The average molecular weight is 349 g/mol. The maximum absolute atomic E-state index is 11.9. The molecule has 3 N–H and O–H groups in total. The van der Waals surface area contributed by atoms with Crippen molar-refractivity contribution in [2.75, 3.05) is 11.6 Å². The van der Waals surface area contributed by atoms with Gasteiger partial charge in [-0.1, -0.05) is 11.6 Å². The van der Waals surface area contributed by atoms with E-state index in [1.807, 2.05) is 0 Å². The SMILES string of the molecule is CS(=N)(=O)c1ccc2ncnc(Nc3ccc(Cl)c(O)c3)c2c1. The molecule has 0 amide bonds. The molecule has 8 heteroatoms. The molecule has 1 atom stereocenters. The summed E-state index contributed by atoms with van der Waals surface area (Å²) in [4.78, 5) is 8.75. The summed E-state index contributed by atoms with van der Waals surface area (Å²) < 4.78 is 19.7. The number of rotatable bonds is 3. The van der Waals surface area contributed by atoms with Crippen molar-refractivity contribution in [2.45, 2.75) is 4.90 Å². The molecule has 3 rings (SSSR count). The van der Waals surface area contributed by atoms with Crippen LogP contribution in [0.4, 0.5) is 11.5 Å². The second-order valence-electron chi connectivity index (χ2n) is 5.04. The maximum atomic E-state index is 11.9. The van der Waals surface area contributed by atoms with E-state index in [0.29, 0.717) is 27.3 Å². The number of aromatic hydroxyl groups is 1. The second kappa shape index (κ2) is 5.68. The third kappa shape index (κ3) is 3.20. The predicted octanol–water partition coefficient (Wildman–Crippen LogP) is 3.77. The van der Waals surface area contributed by atoms with Gasteiger partial charge in [0, 0.05) is 28.3 Å². The number of anilines is 2. The molecule has 0 aliphatic carbocycles. The fourth-order valence-electron chi connectivity index (χ4n) is 2.10. The standard InChI is InChI=1S/C15H13ClN4O2S/c1-23(17,22)10-3-5-13-11(7-10)15(19-8-18-13)20-9-2-4-12(16)14(21)6-9/h2-8,17,21H,1H3,(H,18,19,20). The van der Waals surface area contributed by atoms with Crippen LogP contribution in [0, 0.1) is 4.78 Å². The fourth-order valence-corrected chi connectivity index (χ4v) is 2.89. The maximum Gasteiger partial charge on any atom is 0.141 e. The molecule has 6 nitrogen and oxygen atoms in total. The molecule has 0 spiro atoms. The summed E-state index contributed by atoms with van der Waals surface area (Å²) in [5, 5.41) is 13.6. The quantitative estimate of drug-likeness (QED) is 0.669. The van der Waals surface area contributed by atoms with Crippen molar-refractivity contribution in [1.29, 1.82) is 4.78 Å². The topological polar surface area (TPSA) is 99.0 Å². The lowest BCUT2D eigenvalue weighted by Crippen LogP contribution is -1.99. The Kier molecular flexibility index (Phi) is 3.83. The summed E-state index contributed by atoms with van der Waals surface area (Å²) in [6, 6.07) is 9.72. The van der Waals surface area contributed by atoms with Crippen LogP contribution in [0.25, 0.3) is 10.9 Å². The van der Waals surface area contributed by atoms with Gasteiger partial charge in [-0.15, -0.1) is 0 Å². The van der Waals surface area contributed by atoms with E-state index in [1.165, 1.54) is 18.6 Å². The van der Waals surface area contributed by atoms with Gasteiger partial charge in [-0.3, -0.25) is 0 Å². The molecule has 23 heavy (non-hydrogen) atoms. The number of fused-ring (bicyclic) bond motifs is 1. The van der Waals surface area contributed by atoms with E-state index < -0.39 is 9.73 Å². The van der Waals surface area contributed by atoms with E-state index in [4.69, 9.17) is 16.4 Å². The number of benzene rings is 2. The zero-order chi connectivity index (χ0) is 16.6. The van der Waals surface area contributed by atoms with Gasteiger partial charge in [0.25, 0.3) is 0 Å². The molecule has 1 heterocycles. The van der Waals surface area contributed by atoms with E-state index >= 15 is 0 Å². The van der Waals surface area contributed by atoms with Crippen LogP contribution in [-0.4, -0.2) is 25.5 Å². The van der Waals surface area contributed by atoms with Crippen LogP contribution < -0.4 is 5.32 Å². The van der Waals surface area contributed by atoms with Crippen molar-refractivity contribution in [3.63, 3.8) is 0 Å². The van der Waals surface area contributed by atoms with Gasteiger partial charge in [-0.05, 0) is 30.3 Å². The molecule has 0 fully saturated rings. The second-order valence-corrected chi connectivity index (χ2v) is 7.60. The van der Waals surface area contributed by atoms with Gasteiger partial charge < -0.3 is 10.4 Å². The van der Waals surface area contributed by atoms with E-state index in [-0.39, 0.29) is 10.8 Å². The zero-order valence-corrected chi connectivity index (χ0v) is 13.6. The molecule has 118 valence electrons. The van der Waals surface area contributed by atoms with Crippen LogP contribution in [0.5, 0.6) is 5.75 Å². The lowest BCUT2D eigenvalue weighted by molar-refractivity contribution is 0.476. The molecule has 0 saturated heterocycles. The van der Waals surface area contributed by atoms with Gasteiger partial charge in [-0.25, -0.2) is 19.0 Å². The number of hydrogen-bond acceptors (Lipinski definition) is 6. The number of aromatic nitrogens is 2. The van der Waals surface area contributed by atoms with E-state index in [0.717, 1.165) is 0 Å². The normalized spacial score (nSPS) is 13.7. The minimum absolute atomic E-state index is 0.0431. The highest BCUT2D eigenvalue weighted by molar-refractivity contribution is 7.91. The highest BCUT2D eigenvalue weighted by atomic mass is 35.5. The number of phenolic OH excluding ortho intramolecular Hbond substituents is 1. The van der Waals surface area contributed by atoms with Gasteiger partial charge in [0.15, 0.2) is 0 Å². The van der Waals surface area contributed by atoms with E-state index in [1.54, 1.807) is 30.3 Å². The Hall–Kier alpha value is -2.38. The van der Waals surface area contributed by atoms with Gasteiger partial charge in [0.05, 0.1) is 20.3 Å². The largest absolute Gasteiger partial charge is 0.506 e. The molecule has 0 saturated carbocycles. The third-order valence-corrected chi connectivity index (χ3v) is 4.74. The minimum atomic E-state index is -2.84. The summed E-state index contributed by atoms with van der Waals surface area (Å²) >= 11 is 5.79. The Labute approximate surface area is 138 Å². The molecule has 0 aliphatic heterocycles. The molecule has 3 aromatic rings. The van der Waals surface area contributed by atoms with E-state index in [9.17, 15) is 9.32 Å². The molecule has 2 aromatic carbocycles. The van der Waals surface area contributed by atoms with Crippen molar-refractivity contribution >= 4 is 43.7 Å². The number of hydrogen-bond donors (Lipinski definition) is 3. The predicted molar refractivity (Wildman–Crippen MR) is 91.0 cm³/mol. The van der Waals surface area contributed by atoms with Crippen molar-refractivity contribution in [2.24, 2.45) is 0 Å². The van der Waals surface area contributed by atoms with E-state index in [2.05, 4.69) is 15.3 Å². The summed E-state index contributed by atoms with van der Waals surface area (Å²) in [5.41, 5.74) is 1.26. The van der Waals surface area contributed by atoms with Crippen LogP contribution in [-0.2, 0) is 9.73 Å². The lowest BCUT2D eigenvalue weighted by Gasteiger charge is -2.10. The Morgan fingerprint density at radius 1 is 1.22 bits per heavy atom. The number of phenols is 1. The van der Waals surface area contributed by atoms with Gasteiger partial charge >= 0.3 is 0 Å². The number of halogens is 1. The van der Waals surface area contributed by atoms with Crippen molar-refractivity contribution in [3.8, 4) is 5.75 Å². The average Bonchev–Trinajstić information content (AvgIpc) is 2.50. The smallest absolute Gasteiger partial charge is 0.141 e. The van der Waals surface area contributed by atoms with Crippen molar-refractivity contribution in [3.05, 3.63) is 47.7 Å². The first-order valence-electron chi connectivity index (χ1n) is 6.59. The van der Waals surface area contributed by atoms with Gasteiger partial charge in [0.2, 0.25) is 0 Å². The molecule has 0 radical (unpaired) electrons. The first-order valence-corrected chi connectivity index (χ1v) is 8.93. The van der Waals surface area contributed by atoms with Crippen LogP contribution in [0.3, 0.4) is 0 Å². The van der Waals surface area contributed by atoms with Crippen LogP contribution in [0.1, 0.15) is 0 Å². The number of nitrogens with one attached hydrogen (secondary N) is 2. The van der Waals surface area contributed by atoms with Gasteiger partial charge in [0.1, 0.15) is 17.9 Å². The van der Waals surface area contributed by atoms with Crippen molar-refractivity contribution in [1.82, 2.24) is 9.97 Å². The minimum Gasteiger partial charge on any atom is -0.506 e. The monoisotopic (exact) mass is 348 g/mol. The van der Waals surface area contributed by atoms with Gasteiger partial charge in [-0.2, -0.15) is 0 Å². The molecular formula is C15H13ClN4O2S. The lowest BCUT2D eigenvalue weighted by atomic mass is 10.2. The molecule has 0 aliphatic rings. The van der Waals surface area contributed by atoms with Crippen molar-refractivity contribution < 1.29 is 9.32 Å². The summed E-state index contributed by atoms with van der Waals surface area (Å²) in [7, 11) is -2.84. The van der Waals surface area contributed by atoms with Crippen LogP contribution in [0.15, 0.2) is 47.6 Å². The number of nitrogens with zero attached hydrogens (tertiary/aromatic N) is 2. The Morgan fingerprint density at radius 2 is 2.00 bits per heavy atom. The van der Waals surface area contributed by atoms with Crippen LogP contribution >= 0.6 is 11.6 Å². The Bertz CT molecular complexity index is 1010. The van der Waals surface area contributed by atoms with Crippen LogP contribution in [0.2, 0.25) is 5.02 Å². The first-order chi connectivity index (χ1) is 10.8. The molecule has 1 unspecified atom stereocenters. The molecule has 0 bridgehead atoms. The summed E-state index contributed by atoms with van der Waals surface area (Å²) in [6.45, 7) is 0. The highest BCUT2D eigenvalue weighted by Crippen LogP contribution is 2.30. The summed E-state index contributed by atoms with van der Waals surface area (Å²) in [5.74, 6) is 0.445. The summed E-state index contributed by atoms with van der Waals surface area (Å²) in [6.07, 6.45) is 2.77. The molecule has 1 aromatic heterocycles. The Morgan fingerprint density at radius 3 is 2.70 bits per heavy atom. The third-order valence-electron chi connectivity index (χ3n) is 3.27. The Balaban J connectivity index is 2.11. The fraction of sp³-hybridized carbons (Fsp3) is 0.0667. The molecular weight excluding hydrogens is 336 g/mol. The first kappa shape index (κ1) is 15.5. The zero-order valence-electron chi connectivity index (χ0n) is 12.1. The highest BCUT2D eigenvalue weighted by Gasteiger charge is 2.10.